The van der Waals surface area contributed by atoms with E-state index in [0.717, 1.165) is 16.7 Å². The average Bonchev–Trinajstić information content (AvgIpc) is 2.40. The van der Waals surface area contributed by atoms with E-state index >= 15 is 0 Å². The van der Waals surface area contributed by atoms with Gasteiger partial charge in [0.25, 0.3) is 0 Å². The predicted molar refractivity (Wildman–Crippen MR) is 74.2 cm³/mol. The molecule has 0 spiro atoms. The van der Waals surface area contributed by atoms with Gasteiger partial charge in [0, 0.05) is 16.7 Å². The Balaban J connectivity index is 3.19. The van der Waals surface area contributed by atoms with Crippen molar-refractivity contribution in [2.75, 3.05) is 19.6 Å². The van der Waals surface area contributed by atoms with Gasteiger partial charge in [-0.15, -0.1) is 0 Å². The first kappa shape index (κ1) is 13.8. The third-order valence-electron chi connectivity index (χ3n) is 1.94. The largest absolute Gasteiger partial charge is 0.320 e. The van der Waals surface area contributed by atoms with Gasteiger partial charge in [0.1, 0.15) is 0 Å². The summed E-state index contributed by atoms with van der Waals surface area (Å²) < 4.78 is 0. The lowest BCUT2D eigenvalue weighted by molar-refractivity contribution is 1.30. The number of nitrogens with two attached hydrogens (primary N) is 3. The predicted octanol–water partition coefficient (Wildman–Crippen LogP) is -0.383. The van der Waals surface area contributed by atoms with Crippen LogP contribution in [0.3, 0.4) is 0 Å². The van der Waals surface area contributed by atoms with Gasteiger partial charge in [-0.3, -0.25) is 0 Å². The van der Waals surface area contributed by atoms with Gasteiger partial charge in [-0.1, -0.05) is 35.5 Å². The molecule has 0 radical (unpaired) electrons. The number of benzene rings is 1. The Morgan fingerprint density at radius 2 is 0.889 bits per heavy atom. The third kappa shape index (κ3) is 4.74. The minimum absolute atomic E-state index is 0.322. The molecule has 0 saturated heterocycles. The second kappa shape index (κ2) is 7.96. The summed E-state index contributed by atoms with van der Waals surface area (Å²) >= 11 is 0. The van der Waals surface area contributed by atoms with Crippen molar-refractivity contribution in [3.8, 4) is 35.5 Å². The summed E-state index contributed by atoms with van der Waals surface area (Å²) in [5, 5.41) is 0. The highest BCUT2D eigenvalue weighted by molar-refractivity contribution is 5.51. The van der Waals surface area contributed by atoms with Crippen molar-refractivity contribution in [3.63, 3.8) is 0 Å². The number of hydrogen-bond donors (Lipinski definition) is 3. The molecule has 0 fully saturated rings. The topological polar surface area (TPSA) is 78.1 Å². The molecule has 0 heterocycles. The molecule has 6 N–H and O–H groups in total. The van der Waals surface area contributed by atoms with Crippen LogP contribution in [0.2, 0.25) is 0 Å². The van der Waals surface area contributed by atoms with Gasteiger partial charge >= 0.3 is 0 Å². The molecule has 0 aliphatic carbocycles. The van der Waals surface area contributed by atoms with Crippen LogP contribution in [0.5, 0.6) is 0 Å². The van der Waals surface area contributed by atoms with Crippen molar-refractivity contribution in [1.29, 1.82) is 0 Å². The van der Waals surface area contributed by atoms with Crippen LogP contribution in [0.25, 0.3) is 0 Å². The Morgan fingerprint density at radius 3 is 1.11 bits per heavy atom. The molecule has 3 nitrogen and oxygen atoms in total. The molecular weight excluding hydrogens is 222 g/mol. The minimum atomic E-state index is 0.322. The zero-order valence-electron chi connectivity index (χ0n) is 10.1. The molecule has 0 amide bonds. The Labute approximate surface area is 108 Å². The lowest BCUT2D eigenvalue weighted by Crippen LogP contribution is -1.95. The van der Waals surface area contributed by atoms with Crippen molar-refractivity contribution in [3.05, 3.63) is 34.9 Å². The van der Waals surface area contributed by atoms with Gasteiger partial charge in [-0.05, 0) is 18.2 Å². The van der Waals surface area contributed by atoms with Gasteiger partial charge in [0.2, 0.25) is 0 Å². The summed E-state index contributed by atoms with van der Waals surface area (Å²) in [4.78, 5) is 0. The monoisotopic (exact) mass is 237 g/mol. The van der Waals surface area contributed by atoms with Gasteiger partial charge in [-0.25, -0.2) is 0 Å². The van der Waals surface area contributed by atoms with Crippen molar-refractivity contribution < 1.29 is 0 Å². The molecule has 1 aromatic rings. The van der Waals surface area contributed by atoms with Crippen molar-refractivity contribution in [2.24, 2.45) is 17.2 Å². The van der Waals surface area contributed by atoms with Crippen LogP contribution in [0.15, 0.2) is 18.2 Å². The Hall–Kier alpha value is -2.22. The molecule has 18 heavy (non-hydrogen) atoms. The molecule has 1 aromatic carbocycles. The molecule has 0 unspecified atom stereocenters. The van der Waals surface area contributed by atoms with Crippen molar-refractivity contribution >= 4 is 0 Å². The van der Waals surface area contributed by atoms with E-state index in [9.17, 15) is 0 Å². The van der Waals surface area contributed by atoms with Crippen molar-refractivity contribution in [2.45, 2.75) is 0 Å². The first-order chi connectivity index (χ1) is 8.80. The highest BCUT2D eigenvalue weighted by Crippen LogP contribution is 2.08. The van der Waals surface area contributed by atoms with E-state index in [1.165, 1.54) is 0 Å². The second-order valence-corrected chi connectivity index (χ2v) is 3.32. The number of hydrogen-bond acceptors (Lipinski definition) is 3. The van der Waals surface area contributed by atoms with E-state index in [1.807, 2.05) is 18.2 Å². The van der Waals surface area contributed by atoms with E-state index in [1.54, 1.807) is 0 Å². The molecule has 3 heteroatoms. The second-order valence-electron chi connectivity index (χ2n) is 3.32. The molecule has 0 aliphatic rings. The Bertz CT molecular complexity index is 485. The van der Waals surface area contributed by atoms with Crippen LogP contribution in [-0.2, 0) is 0 Å². The van der Waals surface area contributed by atoms with Gasteiger partial charge in [0.15, 0.2) is 0 Å². The fourth-order valence-corrected chi connectivity index (χ4v) is 1.30. The fourth-order valence-electron chi connectivity index (χ4n) is 1.30. The lowest BCUT2D eigenvalue weighted by Gasteiger charge is -1.97. The van der Waals surface area contributed by atoms with Crippen LogP contribution in [0.1, 0.15) is 16.7 Å². The molecule has 0 bridgehead atoms. The molecule has 1 rings (SSSR count). The first-order valence-electron chi connectivity index (χ1n) is 5.52. The Kier molecular flexibility index (Phi) is 6.12. The van der Waals surface area contributed by atoms with Crippen LogP contribution >= 0.6 is 0 Å². The van der Waals surface area contributed by atoms with Gasteiger partial charge in [0.05, 0.1) is 19.6 Å². The van der Waals surface area contributed by atoms with Crippen LogP contribution in [-0.4, -0.2) is 19.6 Å². The zero-order valence-corrected chi connectivity index (χ0v) is 10.1. The highest BCUT2D eigenvalue weighted by atomic mass is 14.5. The maximum absolute atomic E-state index is 5.35. The molecule has 0 saturated carbocycles. The van der Waals surface area contributed by atoms with Crippen LogP contribution < -0.4 is 17.2 Å². The Morgan fingerprint density at radius 1 is 0.611 bits per heavy atom. The molecule has 0 atom stereocenters. The third-order valence-corrected chi connectivity index (χ3v) is 1.94. The van der Waals surface area contributed by atoms with E-state index in [-0.39, 0.29) is 0 Å². The summed E-state index contributed by atoms with van der Waals surface area (Å²) in [6, 6.07) is 5.66. The fraction of sp³-hybridized carbons (Fsp3) is 0.200. The minimum Gasteiger partial charge on any atom is -0.320 e. The van der Waals surface area contributed by atoms with E-state index in [2.05, 4.69) is 35.5 Å². The summed E-state index contributed by atoms with van der Waals surface area (Å²) in [6.45, 7) is 0.966. The normalized spacial score (nSPS) is 8.17. The smallest absolute Gasteiger partial charge is 0.0555 e. The summed E-state index contributed by atoms with van der Waals surface area (Å²) in [5.41, 5.74) is 18.6. The lowest BCUT2D eigenvalue weighted by atomic mass is 10.1. The van der Waals surface area contributed by atoms with Crippen molar-refractivity contribution in [1.82, 2.24) is 0 Å². The molecule has 0 aliphatic heterocycles. The quantitative estimate of drug-likeness (QED) is 0.538. The maximum atomic E-state index is 5.35. The van der Waals surface area contributed by atoms with E-state index in [0.29, 0.717) is 19.6 Å². The summed E-state index contributed by atoms with van der Waals surface area (Å²) in [6.07, 6.45) is 0. The molecule has 90 valence electrons. The standard InChI is InChI=1S/C15H15N3/c16-7-1-4-13-10-14(5-2-8-17)12-15(11-13)6-3-9-18/h10-12H,7-9,16-18H2. The molecule has 0 aromatic heterocycles. The van der Waals surface area contributed by atoms with Crippen LogP contribution in [0, 0.1) is 35.5 Å². The van der Waals surface area contributed by atoms with E-state index in [4.69, 9.17) is 17.2 Å². The SMILES string of the molecule is NCC#Cc1cc(C#CCN)cc(C#CCN)c1. The van der Waals surface area contributed by atoms with Gasteiger partial charge < -0.3 is 17.2 Å². The zero-order chi connectivity index (χ0) is 13.2. The number of rotatable bonds is 0. The van der Waals surface area contributed by atoms with E-state index < -0.39 is 0 Å². The van der Waals surface area contributed by atoms with Gasteiger partial charge in [-0.2, -0.15) is 0 Å². The highest BCUT2D eigenvalue weighted by Gasteiger charge is 1.95. The first-order valence-corrected chi connectivity index (χ1v) is 5.52. The van der Waals surface area contributed by atoms with Crippen LogP contribution in [0.4, 0.5) is 0 Å². The molecular formula is C15H15N3. The average molecular weight is 237 g/mol. The maximum Gasteiger partial charge on any atom is 0.0555 e. The summed E-state index contributed by atoms with van der Waals surface area (Å²) in [7, 11) is 0. The summed E-state index contributed by atoms with van der Waals surface area (Å²) in [5.74, 6) is 17.3.